The van der Waals surface area contributed by atoms with Gasteiger partial charge in [0.25, 0.3) is 5.91 Å². The number of piperidine rings is 1. The molecule has 2 aliphatic rings. The van der Waals surface area contributed by atoms with E-state index in [2.05, 4.69) is 24.3 Å². The lowest BCUT2D eigenvalue weighted by Crippen LogP contribution is -2.38. The predicted octanol–water partition coefficient (Wildman–Crippen LogP) is 1.38. The molecule has 3 heterocycles. The van der Waals surface area contributed by atoms with Gasteiger partial charge in [0.1, 0.15) is 23.1 Å². The number of aromatic nitrogens is 1. The lowest BCUT2D eigenvalue weighted by molar-refractivity contribution is 0.0946. The molecular weight excluding hydrogens is 454 g/mol. The van der Waals surface area contributed by atoms with E-state index in [1.807, 2.05) is 43.3 Å². The van der Waals surface area contributed by atoms with Crippen molar-refractivity contribution in [2.24, 2.45) is 16.0 Å². The van der Waals surface area contributed by atoms with Crippen molar-refractivity contribution in [1.82, 2.24) is 15.2 Å². The molecule has 1 saturated heterocycles. The van der Waals surface area contributed by atoms with Crippen LogP contribution in [0.3, 0.4) is 0 Å². The standard InChI is InChI=1S/C23H31N7O3S/c1-29(2)13-11-25-23(31)18-8-4-10-20(26-18)30-12-5-6-16(14-30)15-33-19-9-3-7-17-21(19)22(24)28-34(32)27-17/h3-4,7-10,16,27H,5-6,11-15H2,1-2H3,(H2,24,28)(H,25,31). The Morgan fingerprint density at radius 2 is 2.15 bits per heavy atom. The van der Waals surface area contributed by atoms with Gasteiger partial charge in [-0.2, -0.15) is 4.40 Å². The van der Waals surface area contributed by atoms with Crippen LogP contribution in [-0.4, -0.2) is 72.7 Å². The maximum Gasteiger partial charge on any atom is 0.270 e. The SMILES string of the molecule is CN(C)CCNC(=O)c1cccc(N2CCCC(COc3cccc4c3C(N)=NS(=O)N4)C2)n1. The smallest absolute Gasteiger partial charge is 0.270 e. The Labute approximate surface area is 202 Å². The summed E-state index contributed by atoms with van der Waals surface area (Å²) in [6, 6.07) is 11.0. The quantitative estimate of drug-likeness (QED) is 0.516. The van der Waals surface area contributed by atoms with Gasteiger partial charge in [0.2, 0.25) is 11.2 Å². The number of rotatable bonds is 8. The Balaban J connectivity index is 1.38. The zero-order valence-electron chi connectivity index (χ0n) is 19.5. The van der Waals surface area contributed by atoms with Crippen LogP contribution >= 0.6 is 0 Å². The second-order valence-electron chi connectivity index (χ2n) is 8.71. The molecule has 1 aromatic carbocycles. The van der Waals surface area contributed by atoms with Crippen molar-refractivity contribution in [3.63, 3.8) is 0 Å². The highest BCUT2D eigenvalue weighted by atomic mass is 32.2. The average molecular weight is 486 g/mol. The maximum atomic E-state index is 12.5. The van der Waals surface area contributed by atoms with E-state index in [-0.39, 0.29) is 17.7 Å². The van der Waals surface area contributed by atoms with E-state index < -0.39 is 11.2 Å². The van der Waals surface area contributed by atoms with E-state index in [1.165, 1.54) is 0 Å². The maximum absolute atomic E-state index is 12.5. The third-order valence-electron chi connectivity index (χ3n) is 5.79. The second kappa shape index (κ2) is 10.8. The zero-order valence-corrected chi connectivity index (χ0v) is 20.3. The highest BCUT2D eigenvalue weighted by Gasteiger charge is 2.24. The number of anilines is 2. The molecule has 0 bridgehead atoms. The highest BCUT2D eigenvalue weighted by molar-refractivity contribution is 7.85. The fourth-order valence-electron chi connectivity index (χ4n) is 4.08. The molecule has 2 aromatic rings. The van der Waals surface area contributed by atoms with Crippen molar-refractivity contribution in [1.29, 1.82) is 0 Å². The summed E-state index contributed by atoms with van der Waals surface area (Å²) in [5.41, 5.74) is 7.73. The number of hydrogen-bond donors (Lipinski definition) is 3. The molecule has 4 N–H and O–H groups in total. The molecule has 0 radical (unpaired) electrons. The Bertz CT molecular complexity index is 1090. The minimum atomic E-state index is -1.57. The number of likely N-dealkylation sites (N-methyl/N-ethyl adjacent to an activating group) is 1. The molecule has 2 aliphatic heterocycles. The van der Waals surface area contributed by atoms with Crippen LogP contribution in [0.5, 0.6) is 5.75 Å². The zero-order chi connectivity index (χ0) is 24.1. The van der Waals surface area contributed by atoms with Crippen LogP contribution in [0, 0.1) is 5.92 Å². The van der Waals surface area contributed by atoms with Gasteiger partial charge in [-0.3, -0.25) is 9.52 Å². The molecule has 34 heavy (non-hydrogen) atoms. The van der Waals surface area contributed by atoms with Crippen molar-refractivity contribution in [2.45, 2.75) is 12.8 Å². The number of carbonyl (C=O) groups is 1. The molecule has 10 nitrogen and oxygen atoms in total. The molecule has 2 atom stereocenters. The first kappa shape index (κ1) is 24.0. The van der Waals surface area contributed by atoms with Gasteiger partial charge in [-0.25, -0.2) is 9.19 Å². The van der Waals surface area contributed by atoms with Crippen LogP contribution in [0.1, 0.15) is 28.9 Å². The largest absolute Gasteiger partial charge is 0.492 e. The number of nitrogens with one attached hydrogen (secondary N) is 2. The van der Waals surface area contributed by atoms with Crippen molar-refractivity contribution in [2.75, 3.05) is 56.5 Å². The van der Waals surface area contributed by atoms with E-state index in [0.717, 1.165) is 38.3 Å². The Morgan fingerprint density at radius 1 is 1.32 bits per heavy atom. The van der Waals surface area contributed by atoms with Crippen molar-refractivity contribution in [3.05, 3.63) is 47.7 Å². The molecule has 2 unspecified atom stereocenters. The van der Waals surface area contributed by atoms with E-state index in [1.54, 1.807) is 12.1 Å². The number of fused-ring (bicyclic) bond motifs is 1. The number of amidine groups is 1. The van der Waals surface area contributed by atoms with Crippen LogP contribution in [0.25, 0.3) is 0 Å². The monoisotopic (exact) mass is 485 g/mol. The summed E-state index contributed by atoms with van der Waals surface area (Å²) in [7, 11) is 3.94. The van der Waals surface area contributed by atoms with Crippen LogP contribution in [0.4, 0.5) is 11.5 Å². The van der Waals surface area contributed by atoms with Gasteiger partial charge in [0.15, 0.2) is 0 Å². The van der Waals surface area contributed by atoms with Crippen LogP contribution in [0.2, 0.25) is 0 Å². The summed E-state index contributed by atoms with van der Waals surface area (Å²) in [6.07, 6.45) is 2.04. The van der Waals surface area contributed by atoms with Gasteiger partial charge in [0.05, 0.1) is 17.9 Å². The van der Waals surface area contributed by atoms with E-state index in [4.69, 9.17) is 10.5 Å². The fraction of sp³-hybridized carbons (Fsp3) is 0.435. The van der Waals surface area contributed by atoms with Crippen LogP contribution < -0.4 is 25.4 Å². The summed E-state index contributed by atoms with van der Waals surface area (Å²) in [5.74, 6) is 1.74. The topological polar surface area (TPSA) is 125 Å². The van der Waals surface area contributed by atoms with Gasteiger partial charge in [0, 0.05) is 32.1 Å². The van der Waals surface area contributed by atoms with Crippen LogP contribution in [-0.2, 0) is 11.2 Å². The number of amides is 1. The predicted molar refractivity (Wildman–Crippen MR) is 134 cm³/mol. The number of carbonyl (C=O) groups excluding carboxylic acids is 1. The van der Waals surface area contributed by atoms with Crippen LogP contribution in [0.15, 0.2) is 40.8 Å². The molecule has 182 valence electrons. The number of pyridine rings is 1. The first-order valence-electron chi connectivity index (χ1n) is 11.3. The number of nitrogens with two attached hydrogens (primary N) is 1. The first-order valence-corrected chi connectivity index (χ1v) is 12.4. The molecule has 4 rings (SSSR count). The Hall–Kier alpha value is -3.18. The van der Waals surface area contributed by atoms with E-state index >= 15 is 0 Å². The third kappa shape index (κ3) is 5.84. The Morgan fingerprint density at radius 3 is 2.97 bits per heavy atom. The van der Waals surface area contributed by atoms with E-state index in [0.29, 0.717) is 35.8 Å². The van der Waals surface area contributed by atoms with Gasteiger partial charge >= 0.3 is 0 Å². The number of nitrogens with zero attached hydrogens (tertiary/aromatic N) is 4. The van der Waals surface area contributed by atoms with Crippen molar-refractivity contribution >= 4 is 34.4 Å². The Kier molecular flexibility index (Phi) is 7.63. The third-order valence-corrected chi connectivity index (χ3v) is 6.55. The molecule has 0 saturated carbocycles. The molecule has 11 heteroatoms. The van der Waals surface area contributed by atoms with E-state index in [9.17, 15) is 9.00 Å². The summed E-state index contributed by atoms with van der Waals surface area (Å²) >= 11 is -1.57. The average Bonchev–Trinajstić information content (AvgIpc) is 2.82. The second-order valence-corrected chi connectivity index (χ2v) is 9.60. The number of ether oxygens (including phenoxy) is 1. The number of benzene rings is 1. The lowest BCUT2D eigenvalue weighted by atomic mass is 9.99. The minimum Gasteiger partial charge on any atom is -0.492 e. The summed E-state index contributed by atoms with van der Waals surface area (Å²) in [4.78, 5) is 21.3. The normalized spacial score (nSPS) is 19.7. The molecule has 1 amide bonds. The molecule has 1 fully saturated rings. The summed E-state index contributed by atoms with van der Waals surface area (Å²) < 4.78 is 24.6. The van der Waals surface area contributed by atoms with Gasteiger partial charge in [-0.05, 0) is 51.2 Å². The first-order chi connectivity index (χ1) is 16.4. The van der Waals surface area contributed by atoms with Crippen molar-refractivity contribution < 1.29 is 13.7 Å². The lowest BCUT2D eigenvalue weighted by Gasteiger charge is -2.33. The molecule has 0 aliphatic carbocycles. The van der Waals surface area contributed by atoms with Gasteiger partial charge in [-0.1, -0.05) is 12.1 Å². The summed E-state index contributed by atoms with van der Waals surface area (Å²) in [6.45, 7) is 3.51. The molecular formula is C23H31N7O3S. The molecule has 0 spiro atoms. The molecule has 1 aromatic heterocycles. The van der Waals surface area contributed by atoms with Crippen molar-refractivity contribution in [3.8, 4) is 5.75 Å². The van der Waals surface area contributed by atoms with Gasteiger partial charge in [-0.15, -0.1) is 0 Å². The minimum absolute atomic E-state index is 0.164. The number of hydrogen-bond acceptors (Lipinski definition) is 7. The van der Waals surface area contributed by atoms with Gasteiger partial charge < -0.3 is 25.6 Å². The fourth-order valence-corrected chi connectivity index (χ4v) is 4.75. The highest BCUT2D eigenvalue weighted by Crippen LogP contribution is 2.30. The summed E-state index contributed by atoms with van der Waals surface area (Å²) in [5, 5.41) is 2.91.